The standard InChI is InChI=1S/C26H27N3O5/c1-34-20-14-8-9-17(15-20)16-21(24(27)31)28-26(33)23(30)22(18-10-4-2-5-11-18)29-25(32)19-12-6-3-7-13-19/h2-15,21-23,30H,16H2,1H3,(H2,27,31)(H,28,33)(H,29,32)/t21-,22+,23-/m1/s1. The van der Waals surface area contributed by atoms with Crippen LogP contribution >= 0.6 is 0 Å². The van der Waals surface area contributed by atoms with Gasteiger partial charge in [-0.3, -0.25) is 14.4 Å². The Kier molecular flexibility index (Phi) is 8.37. The minimum atomic E-state index is -1.68. The molecular formula is C26H27N3O5. The van der Waals surface area contributed by atoms with Gasteiger partial charge in [0.2, 0.25) is 5.91 Å². The fraction of sp³-hybridized carbons (Fsp3) is 0.192. The number of nitrogens with two attached hydrogens (primary N) is 1. The maximum absolute atomic E-state index is 13.0. The second kappa shape index (κ2) is 11.6. The summed E-state index contributed by atoms with van der Waals surface area (Å²) in [7, 11) is 1.52. The Bertz CT molecular complexity index is 1120. The molecule has 0 saturated heterocycles. The maximum atomic E-state index is 13.0. The Hall–Kier alpha value is -4.17. The van der Waals surface area contributed by atoms with E-state index >= 15 is 0 Å². The third-order valence-corrected chi connectivity index (χ3v) is 5.30. The molecule has 5 N–H and O–H groups in total. The molecule has 0 fully saturated rings. The van der Waals surface area contributed by atoms with Crippen LogP contribution in [-0.2, 0) is 16.0 Å². The second-order valence-electron chi connectivity index (χ2n) is 7.69. The van der Waals surface area contributed by atoms with Crippen LogP contribution in [-0.4, -0.2) is 42.1 Å². The number of hydrogen-bond acceptors (Lipinski definition) is 5. The van der Waals surface area contributed by atoms with E-state index in [2.05, 4.69) is 10.6 Å². The first kappa shape index (κ1) is 24.5. The predicted molar refractivity (Wildman–Crippen MR) is 127 cm³/mol. The Morgan fingerprint density at radius 2 is 1.56 bits per heavy atom. The molecule has 0 radical (unpaired) electrons. The molecule has 0 aliphatic carbocycles. The van der Waals surface area contributed by atoms with Crippen LogP contribution < -0.4 is 21.1 Å². The smallest absolute Gasteiger partial charge is 0.252 e. The van der Waals surface area contributed by atoms with Crippen LogP contribution in [0.4, 0.5) is 0 Å². The molecule has 0 aliphatic rings. The molecule has 3 amide bonds. The van der Waals surface area contributed by atoms with Gasteiger partial charge in [-0.2, -0.15) is 0 Å². The van der Waals surface area contributed by atoms with Crippen LogP contribution in [0.5, 0.6) is 5.75 Å². The zero-order chi connectivity index (χ0) is 24.5. The van der Waals surface area contributed by atoms with Crippen molar-refractivity contribution in [1.29, 1.82) is 0 Å². The summed E-state index contributed by atoms with van der Waals surface area (Å²) in [6.07, 6.45) is -1.57. The van der Waals surface area contributed by atoms with Gasteiger partial charge in [-0.05, 0) is 35.4 Å². The highest BCUT2D eigenvalue weighted by atomic mass is 16.5. The van der Waals surface area contributed by atoms with Crippen LogP contribution in [0, 0.1) is 0 Å². The lowest BCUT2D eigenvalue weighted by atomic mass is 9.99. The molecule has 0 heterocycles. The predicted octanol–water partition coefficient (Wildman–Crippen LogP) is 1.74. The summed E-state index contributed by atoms with van der Waals surface area (Å²) in [5, 5.41) is 16.1. The highest BCUT2D eigenvalue weighted by Crippen LogP contribution is 2.19. The monoisotopic (exact) mass is 461 g/mol. The highest BCUT2D eigenvalue weighted by molar-refractivity contribution is 5.95. The van der Waals surface area contributed by atoms with Gasteiger partial charge in [-0.25, -0.2) is 0 Å². The molecule has 0 unspecified atom stereocenters. The number of aliphatic hydroxyl groups excluding tert-OH is 1. The van der Waals surface area contributed by atoms with Crippen LogP contribution in [0.2, 0.25) is 0 Å². The Balaban J connectivity index is 1.78. The first-order valence-electron chi connectivity index (χ1n) is 10.7. The van der Waals surface area contributed by atoms with Gasteiger partial charge in [0.1, 0.15) is 11.8 Å². The van der Waals surface area contributed by atoms with Crippen molar-refractivity contribution in [2.75, 3.05) is 7.11 Å². The highest BCUT2D eigenvalue weighted by Gasteiger charge is 2.31. The normalized spacial score (nSPS) is 13.2. The van der Waals surface area contributed by atoms with Crippen molar-refractivity contribution >= 4 is 17.7 Å². The Morgan fingerprint density at radius 3 is 2.18 bits per heavy atom. The van der Waals surface area contributed by atoms with Crippen LogP contribution in [0.1, 0.15) is 27.5 Å². The van der Waals surface area contributed by atoms with Crippen molar-refractivity contribution in [3.8, 4) is 5.75 Å². The molecule has 8 nitrogen and oxygen atoms in total. The quantitative estimate of drug-likeness (QED) is 0.365. The average Bonchev–Trinajstić information content (AvgIpc) is 2.87. The summed E-state index contributed by atoms with van der Waals surface area (Å²) in [6, 6.07) is 22.0. The summed E-state index contributed by atoms with van der Waals surface area (Å²) < 4.78 is 5.19. The van der Waals surface area contributed by atoms with E-state index in [9.17, 15) is 19.5 Å². The van der Waals surface area contributed by atoms with Gasteiger partial charge in [0.05, 0.1) is 13.2 Å². The molecule has 8 heteroatoms. The lowest BCUT2D eigenvalue weighted by Crippen LogP contribution is -2.52. The maximum Gasteiger partial charge on any atom is 0.252 e. The van der Waals surface area contributed by atoms with Crippen molar-refractivity contribution in [1.82, 2.24) is 10.6 Å². The van der Waals surface area contributed by atoms with Crippen LogP contribution in [0.15, 0.2) is 84.9 Å². The fourth-order valence-corrected chi connectivity index (χ4v) is 3.49. The van der Waals surface area contributed by atoms with Crippen LogP contribution in [0.3, 0.4) is 0 Å². The van der Waals surface area contributed by atoms with Gasteiger partial charge in [0.25, 0.3) is 11.8 Å². The third kappa shape index (κ3) is 6.43. The number of carbonyl (C=O) groups excluding carboxylic acids is 3. The summed E-state index contributed by atoms with van der Waals surface area (Å²) in [5.41, 5.74) is 7.13. The van der Waals surface area contributed by atoms with Crippen molar-refractivity contribution in [3.63, 3.8) is 0 Å². The molecule has 0 aliphatic heterocycles. The zero-order valence-corrected chi connectivity index (χ0v) is 18.7. The van der Waals surface area contributed by atoms with Crippen molar-refractivity contribution in [2.24, 2.45) is 5.73 Å². The number of amides is 3. The largest absolute Gasteiger partial charge is 0.497 e. The molecule has 0 bridgehead atoms. The average molecular weight is 462 g/mol. The number of rotatable bonds is 10. The number of ether oxygens (including phenoxy) is 1. The van der Waals surface area contributed by atoms with Gasteiger partial charge in [-0.15, -0.1) is 0 Å². The number of methoxy groups -OCH3 is 1. The molecule has 0 spiro atoms. The first-order chi connectivity index (χ1) is 16.4. The third-order valence-electron chi connectivity index (χ3n) is 5.30. The molecule has 0 aromatic heterocycles. The molecule has 0 saturated carbocycles. The number of hydrogen-bond donors (Lipinski definition) is 4. The van der Waals surface area contributed by atoms with E-state index in [1.807, 2.05) is 0 Å². The summed E-state index contributed by atoms with van der Waals surface area (Å²) in [6.45, 7) is 0. The molecule has 34 heavy (non-hydrogen) atoms. The van der Waals surface area contributed by atoms with E-state index in [0.29, 0.717) is 16.9 Å². The molecular weight excluding hydrogens is 434 g/mol. The second-order valence-corrected chi connectivity index (χ2v) is 7.69. The summed E-state index contributed by atoms with van der Waals surface area (Å²) in [5.74, 6) is -1.45. The van der Waals surface area contributed by atoms with Gasteiger partial charge in [0.15, 0.2) is 6.10 Å². The number of primary amides is 1. The van der Waals surface area contributed by atoms with E-state index in [1.165, 1.54) is 7.11 Å². The molecule has 3 atom stereocenters. The summed E-state index contributed by atoms with van der Waals surface area (Å²) >= 11 is 0. The van der Waals surface area contributed by atoms with Gasteiger partial charge < -0.3 is 26.2 Å². The zero-order valence-electron chi connectivity index (χ0n) is 18.7. The number of aliphatic hydroxyl groups is 1. The topological polar surface area (TPSA) is 131 Å². The number of benzene rings is 3. The Labute approximate surface area is 197 Å². The molecule has 176 valence electrons. The van der Waals surface area contributed by atoms with Gasteiger partial charge in [-0.1, -0.05) is 60.7 Å². The minimum Gasteiger partial charge on any atom is -0.497 e. The lowest BCUT2D eigenvalue weighted by molar-refractivity contribution is -0.134. The van der Waals surface area contributed by atoms with Crippen molar-refractivity contribution < 1.29 is 24.2 Å². The minimum absolute atomic E-state index is 0.109. The fourth-order valence-electron chi connectivity index (χ4n) is 3.49. The van der Waals surface area contributed by atoms with Crippen LogP contribution in [0.25, 0.3) is 0 Å². The lowest BCUT2D eigenvalue weighted by Gasteiger charge is -2.26. The SMILES string of the molecule is COc1cccc(C[C@@H](NC(=O)[C@H](O)[C@@H](NC(=O)c2ccccc2)c2ccccc2)C(N)=O)c1. The van der Waals surface area contributed by atoms with E-state index in [4.69, 9.17) is 10.5 Å². The van der Waals surface area contributed by atoms with Gasteiger partial charge in [0, 0.05) is 12.0 Å². The van der Waals surface area contributed by atoms with E-state index in [0.717, 1.165) is 5.56 Å². The molecule has 3 aromatic carbocycles. The van der Waals surface area contributed by atoms with Crippen molar-refractivity contribution in [3.05, 3.63) is 102 Å². The number of nitrogens with one attached hydrogen (secondary N) is 2. The number of carbonyl (C=O) groups is 3. The van der Waals surface area contributed by atoms with E-state index in [1.54, 1.807) is 84.9 Å². The van der Waals surface area contributed by atoms with Crippen molar-refractivity contribution in [2.45, 2.75) is 24.6 Å². The first-order valence-corrected chi connectivity index (χ1v) is 10.7. The molecule has 3 aromatic rings. The Morgan fingerprint density at radius 1 is 0.912 bits per heavy atom. The van der Waals surface area contributed by atoms with Gasteiger partial charge >= 0.3 is 0 Å². The van der Waals surface area contributed by atoms with E-state index < -0.39 is 35.9 Å². The summed E-state index contributed by atoms with van der Waals surface area (Å²) in [4.78, 5) is 37.8. The molecule has 3 rings (SSSR count). The van der Waals surface area contributed by atoms with E-state index in [-0.39, 0.29) is 6.42 Å².